The van der Waals surface area contributed by atoms with E-state index in [0.29, 0.717) is 0 Å². The van der Waals surface area contributed by atoms with Gasteiger partial charge in [-0.2, -0.15) is 5.10 Å². The van der Waals surface area contributed by atoms with Crippen LogP contribution < -0.4 is 5.32 Å². The Bertz CT molecular complexity index is 370. The Balaban J connectivity index is 1.77. The van der Waals surface area contributed by atoms with Gasteiger partial charge in [-0.05, 0) is 51.1 Å². The fourth-order valence-corrected chi connectivity index (χ4v) is 3.16. The molecule has 1 fully saturated rings. The van der Waals surface area contributed by atoms with Crippen LogP contribution in [0.2, 0.25) is 0 Å². The molecule has 2 atom stereocenters. The van der Waals surface area contributed by atoms with Crippen LogP contribution in [0.4, 0.5) is 0 Å². The molecule has 0 saturated heterocycles. The number of nitrogens with one attached hydrogen (secondary N) is 1. The van der Waals surface area contributed by atoms with Gasteiger partial charge in [-0.15, -0.1) is 0 Å². The lowest BCUT2D eigenvalue weighted by Gasteiger charge is -2.26. The molecule has 1 aliphatic carbocycles. The van der Waals surface area contributed by atoms with Crippen LogP contribution in [0.1, 0.15) is 50.9 Å². The zero-order valence-electron chi connectivity index (χ0n) is 12.1. The van der Waals surface area contributed by atoms with Gasteiger partial charge in [0.1, 0.15) is 0 Å². The minimum atomic E-state index is 0.882. The van der Waals surface area contributed by atoms with Crippen molar-refractivity contribution in [3.8, 4) is 0 Å². The summed E-state index contributed by atoms with van der Waals surface area (Å²) in [5.41, 5.74) is 2.44. The van der Waals surface area contributed by atoms with Gasteiger partial charge in [0.15, 0.2) is 0 Å². The van der Waals surface area contributed by atoms with E-state index in [4.69, 9.17) is 0 Å². The van der Waals surface area contributed by atoms with E-state index in [1.165, 1.54) is 31.4 Å². The van der Waals surface area contributed by atoms with Gasteiger partial charge in [0, 0.05) is 13.1 Å². The van der Waals surface area contributed by atoms with E-state index in [1.54, 1.807) is 0 Å². The number of hydrogen-bond donors (Lipinski definition) is 1. The van der Waals surface area contributed by atoms with Crippen molar-refractivity contribution >= 4 is 0 Å². The first-order chi connectivity index (χ1) is 8.69. The molecule has 0 aromatic carbocycles. The molecule has 0 radical (unpaired) electrons. The lowest BCUT2D eigenvalue weighted by Crippen LogP contribution is -2.27. The van der Waals surface area contributed by atoms with E-state index in [9.17, 15) is 0 Å². The molecule has 3 heteroatoms. The molecule has 2 unspecified atom stereocenters. The van der Waals surface area contributed by atoms with Crippen molar-refractivity contribution in [1.29, 1.82) is 0 Å². The molecule has 1 aromatic heterocycles. The van der Waals surface area contributed by atoms with Gasteiger partial charge in [-0.3, -0.25) is 4.68 Å². The minimum Gasteiger partial charge on any atom is -0.311 e. The molecule has 2 rings (SSSR count). The van der Waals surface area contributed by atoms with Crippen molar-refractivity contribution in [2.75, 3.05) is 6.54 Å². The zero-order valence-corrected chi connectivity index (χ0v) is 12.1. The van der Waals surface area contributed by atoms with Crippen molar-refractivity contribution in [1.82, 2.24) is 15.1 Å². The third-order valence-corrected chi connectivity index (χ3v) is 4.07. The summed E-state index contributed by atoms with van der Waals surface area (Å²) in [6.07, 6.45) is 5.65. The summed E-state index contributed by atoms with van der Waals surface area (Å²) in [6.45, 7) is 9.70. The molecule has 1 N–H and O–H groups in total. The Morgan fingerprint density at radius 1 is 1.44 bits per heavy atom. The Morgan fingerprint density at radius 2 is 2.28 bits per heavy atom. The van der Waals surface area contributed by atoms with Crippen LogP contribution in [-0.2, 0) is 13.1 Å². The van der Waals surface area contributed by atoms with Crippen molar-refractivity contribution in [3.63, 3.8) is 0 Å². The van der Waals surface area contributed by atoms with Crippen LogP contribution in [0.3, 0.4) is 0 Å². The van der Waals surface area contributed by atoms with Crippen LogP contribution in [0, 0.1) is 18.8 Å². The van der Waals surface area contributed by atoms with E-state index in [0.717, 1.165) is 37.2 Å². The van der Waals surface area contributed by atoms with Crippen molar-refractivity contribution in [2.24, 2.45) is 11.8 Å². The summed E-state index contributed by atoms with van der Waals surface area (Å²) < 4.78 is 2.10. The molecule has 102 valence electrons. The molecule has 0 aliphatic heterocycles. The number of rotatable bonds is 5. The summed E-state index contributed by atoms with van der Waals surface area (Å²) in [7, 11) is 0. The van der Waals surface area contributed by atoms with Crippen LogP contribution in [0.15, 0.2) is 6.07 Å². The first-order valence-electron chi connectivity index (χ1n) is 7.43. The molecule has 1 saturated carbocycles. The summed E-state index contributed by atoms with van der Waals surface area (Å²) >= 11 is 0. The molecule has 0 spiro atoms. The highest BCUT2D eigenvalue weighted by molar-refractivity contribution is 5.08. The van der Waals surface area contributed by atoms with Crippen LogP contribution >= 0.6 is 0 Å². The van der Waals surface area contributed by atoms with Crippen molar-refractivity contribution in [3.05, 3.63) is 17.5 Å². The number of hydrogen-bond acceptors (Lipinski definition) is 2. The van der Waals surface area contributed by atoms with Crippen LogP contribution in [0.5, 0.6) is 0 Å². The molecule has 3 nitrogen and oxygen atoms in total. The van der Waals surface area contributed by atoms with Gasteiger partial charge in [0.2, 0.25) is 0 Å². The average Bonchev–Trinajstić information content (AvgIpc) is 2.70. The molecular formula is C15H27N3. The smallest absolute Gasteiger partial charge is 0.0597 e. The highest BCUT2D eigenvalue weighted by atomic mass is 15.3. The van der Waals surface area contributed by atoms with E-state index >= 15 is 0 Å². The third-order valence-electron chi connectivity index (χ3n) is 4.07. The maximum Gasteiger partial charge on any atom is 0.0597 e. The van der Waals surface area contributed by atoms with Gasteiger partial charge in [-0.1, -0.05) is 19.8 Å². The van der Waals surface area contributed by atoms with Gasteiger partial charge in [0.05, 0.1) is 11.4 Å². The van der Waals surface area contributed by atoms with Crippen LogP contribution in [0.25, 0.3) is 0 Å². The summed E-state index contributed by atoms with van der Waals surface area (Å²) in [6, 6.07) is 2.19. The predicted octanol–water partition coefficient (Wildman–Crippen LogP) is 3.13. The van der Waals surface area contributed by atoms with Gasteiger partial charge >= 0.3 is 0 Å². The first-order valence-corrected chi connectivity index (χ1v) is 7.43. The second kappa shape index (κ2) is 6.37. The SMILES string of the molecule is CCn1nc(C)cc1CNCC1CCCC(C)C1. The average molecular weight is 249 g/mol. The van der Waals surface area contributed by atoms with E-state index in [2.05, 4.69) is 41.9 Å². The van der Waals surface area contributed by atoms with Crippen molar-refractivity contribution < 1.29 is 0 Å². The van der Waals surface area contributed by atoms with Gasteiger partial charge in [-0.25, -0.2) is 0 Å². The zero-order chi connectivity index (χ0) is 13.0. The predicted molar refractivity (Wildman–Crippen MR) is 75.5 cm³/mol. The molecule has 18 heavy (non-hydrogen) atoms. The fourth-order valence-electron chi connectivity index (χ4n) is 3.16. The minimum absolute atomic E-state index is 0.882. The van der Waals surface area contributed by atoms with E-state index in [1.807, 2.05) is 0 Å². The maximum absolute atomic E-state index is 4.48. The molecule has 1 aliphatic rings. The van der Waals surface area contributed by atoms with Gasteiger partial charge < -0.3 is 5.32 Å². The number of nitrogens with zero attached hydrogens (tertiary/aromatic N) is 2. The lowest BCUT2D eigenvalue weighted by atomic mass is 9.82. The largest absolute Gasteiger partial charge is 0.311 e. The normalized spacial score (nSPS) is 24.4. The number of aromatic nitrogens is 2. The van der Waals surface area contributed by atoms with E-state index < -0.39 is 0 Å². The Kier molecular flexibility index (Phi) is 4.81. The standard InChI is InChI=1S/C15H27N3/c1-4-18-15(9-13(3)17-18)11-16-10-14-7-5-6-12(2)8-14/h9,12,14,16H,4-8,10-11H2,1-3H3. The first kappa shape index (κ1) is 13.6. The fraction of sp³-hybridized carbons (Fsp3) is 0.800. The van der Waals surface area contributed by atoms with Crippen molar-refractivity contribution in [2.45, 2.75) is 59.5 Å². The molecular weight excluding hydrogens is 222 g/mol. The second-order valence-corrected chi connectivity index (χ2v) is 5.86. The highest BCUT2D eigenvalue weighted by Crippen LogP contribution is 2.27. The van der Waals surface area contributed by atoms with E-state index in [-0.39, 0.29) is 0 Å². The quantitative estimate of drug-likeness (QED) is 0.869. The summed E-state index contributed by atoms with van der Waals surface area (Å²) in [5, 5.41) is 8.10. The summed E-state index contributed by atoms with van der Waals surface area (Å²) in [5.74, 6) is 1.81. The third kappa shape index (κ3) is 3.58. The topological polar surface area (TPSA) is 29.9 Å². The lowest BCUT2D eigenvalue weighted by molar-refractivity contribution is 0.273. The molecule has 1 heterocycles. The molecule has 0 amide bonds. The second-order valence-electron chi connectivity index (χ2n) is 5.86. The van der Waals surface area contributed by atoms with Gasteiger partial charge in [0.25, 0.3) is 0 Å². The molecule has 0 bridgehead atoms. The molecule has 1 aromatic rings. The Labute approximate surface area is 111 Å². The monoisotopic (exact) mass is 249 g/mol. The highest BCUT2D eigenvalue weighted by Gasteiger charge is 2.18. The summed E-state index contributed by atoms with van der Waals surface area (Å²) in [4.78, 5) is 0. The maximum atomic E-state index is 4.48. The Morgan fingerprint density at radius 3 is 3.00 bits per heavy atom. The van der Waals surface area contributed by atoms with Crippen LogP contribution in [-0.4, -0.2) is 16.3 Å². The number of aryl methyl sites for hydroxylation is 2. The Hall–Kier alpha value is -0.830.